The molecule has 5 nitrogen and oxygen atoms in total. The summed E-state index contributed by atoms with van der Waals surface area (Å²) >= 11 is 0. The summed E-state index contributed by atoms with van der Waals surface area (Å²) in [7, 11) is 0. The third-order valence-corrected chi connectivity index (χ3v) is 5.03. The van der Waals surface area contributed by atoms with Gasteiger partial charge in [-0.25, -0.2) is 8.78 Å². The van der Waals surface area contributed by atoms with Crippen LogP contribution in [-0.2, 0) is 20.5 Å². The Hall–Kier alpha value is -3.01. The largest absolute Gasteiger partial charge is 0.466 e. The van der Waals surface area contributed by atoms with Crippen molar-refractivity contribution in [3.63, 3.8) is 0 Å². The molecule has 1 amide bonds. The van der Waals surface area contributed by atoms with Crippen LogP contribution in [0.15, 0.2) is 18.2 Å². The van der Waals surface area contributed by atoms with E-state index in [1.165, 1.54) is 6.92 Å². The van der Waals surface area contributed by atoms with E-state index in [1.54, 1.807) is 32.9 Å². The Labute approximate surface area is 188 Å². The van der Waals surface area contributed by atoms with E-state index in [0.29, 0.717) is 17.2 Å². The molecule has 0 spiro atoms. The van der Waals surface area contributed by atoms with Crippen molar-refractivity contribution in [1.29, 1.82) is 0 Å². The lowest BCUT2D eigenvalue weighted by Crippen LogP contribution is -2.36. The molecule has 2 rings (SSSR count). The Kier molecular flexibility index (Phi) is 8.18. The van der Waals surface area contributed by atoms with Crippen LogP contribution in [0.1, 0.15) is 47.2 Å². The van der Waals surface area contributed by atoms with Crippen molar-refractivity contribution in [2.45, 2.75) is 46.3 Å². The fourth-order valence-corrected chi connectivity index (χ4v) is 3.82. The van der Waals surface area contributed by atoms with Crippen molar-refractivity contribution in [1.82, 2.24) is 5.32 Å². The van der Waals surface area contributed by atoms with Crippen LogP contribution in [0, 0.1) is 32.4 Å². The number of hydrogen-bond acceptors (Lipinski definition) is 4. The molecule has 0 aliphatic rings. The van der Waals surface area contributed by atoms with Crippen LogP contribution in [0.5, 0.6) is 0 Å². The number of alkyl halides is 3. The molecule has 0 aromatic heterocycles. The van der Waals surface area contributed by atoms with E-state index in [4.69, 9.17) is 10.5 Å². The van der Waals surface area contributed by atoms with Crippen molar-refractivity contribution >= 4 is 11.9 Å². The lowest BCUT2D eigenvalue weighted by atomic mass is 9.88. The van der Waals surface area contributed by atoms with Crippen LogP contribution < -0.4 is 11.1 Å². The van der Waals surface area contributed by atoms with Gasteiger partial charge in [0.1, 0.15) is 11.6 Å². The normalized spacial score (nSPS) is 12.4. The third-order valence-electron chi connectivity index (χ3n) is 5.03. The molecular weight excluding hydrogens is 447 g/mol. The highest BCUT2D eigenvalue weighted by Gasteiger charge is 2.39. The fraction of sp³-hybridized carbons (Fsp3) is 0.391. The number of nitrogens with one attached hydrogen (secondary N) is 1. The van der Waals surface area contributed by atoms with Gasteiger partial charge in [0.05, 0.1) is 31.2 Å². The number of carbonyl (C=O) groups is 2. The Morgan fingerprint density at radius 1 is 1.06 bits per heavy atom. The molecule has 0 aliphatic heterocycles. The molecule has 2 aromatic carbocycles. The monoisotopic (exact) mass is 472 g/mol. The maximum Gasteiger partial charge on any atom is 0.419 e. The minimum absolute atomic E-state index is 0.0725. The quantitative estimate of drug-likeness (QED) is 0.454. The molecule has 0 bridgehead atoms. The van der Waals surface area contributed by atoms with Crippen LogP contribution in [0.25, 0.3) is 11.1 Å². The van der Waals surface area contributed by atoms with E-state index >= 15 is 8.78 Å². The summed E-state index contributed by atoms with van der Waals surface area (Å²) in [5.74, 6) is -5.11. The van der Waals surface area contributed by atoms with Crippen LogP contribution in [0.2, 0.25) is 0 Å². The highest BCUT2D eigenvalue weighted by molar-refractivity contribution is 5.80. The van der Waals surface area contributed by atoms with Gasteiger partial charge in [0.15, 0.2) is 0 Å². The molecule has 0 aliphatic carbocycles. The summed E-state index contributed by atoms with van der Waals surface area (Å²) in [6, 6.07) is 1.95. The topological polar surface area (TPSA) is 81.4 Å². The third kappa shape index (κ3) is 5.87. The summed E-state index contributed by atoms with van der Waals surface area (Å²) in [5, 5.41) is 2.14. The number of nitrogens with two attached hydrogens (primary N) is 1. The van der Waals surface area contributed by atoms with Gasteiger partial charge in [-0.1, -0.05) is 17.7 Å². The van der Waals surface area contributed by atoms with Gasteiger partial charge < -0.3 is 15.8 Å². The number of ether oxygens (including phenoxy) is 1. The van der Waals surface area contributed by atoms with Crippen molar-refractivity contribution in [3.8, 4) is 11.1 Å². The van der Waals surface area contributed by atoms with Gasteiger partial charge in [0, 0.05) is 11.1 Å². The second kappa shape index (κ2) is 10.3. The molecule has 0 saturated carbocycles. The van der Waals surface area contributed by atoms with Gasteiger partial charge in [-0.3, -0.25) is 9.59 Å². The fourth-order valence-electron chi connectivity index (χ4n) is 3.82. The van der Waals surface area contributed by atoms with E-state index in [-0.39, 0.29) is 12.2 Å². The number of esters is 1. The summed E-state index contributed by atoms with van der Waals surface area (Å²) in [4.78, 5) is 23.9. The lowest BCUT2D eigenvalue weighted by Gasteiger charge is -2.24. The number of benzene rings is 2. The van der Waals surface area contributed by atoms with Crippen LogP contribution in [0.3, 0.4) is 0 Å². The van der Waals surface area contributed by atoms with Crippen LogP contribution in [-0.4, -0.2) is 25.0 Å². The molecular formula is C23H25F5N2O3. The van der Waals surface area contributed by atoms with E-state index < -0.39 is 65.4 Å². The zero-order valence-corrected chi connectivity index (χ0v) is 18.6. The lowest BCUT2D eigenvalue weighted by molar-refractivity contribution is -0.143. The van der Waals surface area contributed by atoms with Gasteiger partial charge >= 0.3 is 12.1 Å². The molecule has 0 radical (unpaired) electrons. The van der Waals surface area contributed by atoms with Crippen LogP contribution >= 0.6 is 0 Å². The molecule has 0 saturated heterocycles. The van der Waals surface area contributed by atoms with Crippen LogP contribution in [0.4, 0.5) is 22.0 Å². The SMILES string of the molecule is CCOC(=O)CC(NC(=O)CN)c1c(F)c(-c2c(C)cc(C)cc2C)cc(C(F)(F)F)c1F. The number of hydrogen-bond donors (Lipinski definition) is 2. The predicted molar refractivity (Wildman–Crippen MR) is 112 cm³/mol. The van der Waals surface area contributed by atoms with Gasteiger partial charge in [0.2, 0.25) is 5.91 Å². The van der Waals surface area contributed by atoms with E-state index in [2.05, 4.69) is 5.32 Å². The molecule has 33 heavy (non-hydrogen) atoms. The Bertz CT molecular complexity index is 1040. The summed E-state index contributed by atoms with van der Waals surface area (Å²) in [5.41, 5.74) is 3.86. The average molecular weight is 472 g/mol. The molecule has 2 aromatic rings. The average Bonchev–Trinajstić information content (AvgIpc) is 2.67. The first-order chi connectivity index (χ1) is 15.3. The van der Waals surface area contributed by atoms with E-state index in [9.17, 15) is 22.8 Å². The molecule has 0 fully saturated rings. The van der Waals surface area contributed by atoms with Gasteiger partial charge in [-0.05, 0) is 50.5 Å². The summed E-state index contributed by atoms with van der Waals surface area (Å²) in [6.07, 6.45) is -5.96. The van der Waals surface area contributed by atoms with Crippen molar-refractivity contribution in [2.24, 2.45) is 5.73 Å². The summed E-state index contributed by atoms with van der Waals surface area (Å²) < 4.78 is 76.9. The number of rotatable bonds is 7. The van der Waals surface area contributed by atoms with Gasteiger partial charge in [-0.15, -0.1) is 0 Å². The van der Waals surface area contributed by atoms with Gasteiger partial charge in [0.25, 0.3) is 0 Å². The minimum Gasteiger partial charge on any atom is -0.466 e. The molecule has 0 heterocycles. The smallest absolute Gasteiger partial charge is 0.419 e. The standard InChI is InChI=1S/C23H25F5N2O3/c1-5-33-18(32)9-16(30-17(31)10-29)20-21(24)14(8-15(22(20)25)23(26,27)28)19-12(3)6-11(2)7-13(19)4/h6-8,16H,5,9-10,29H2,1-4H3,(H,30,31). The molecule has 180 valence electrons. The molecule has 3 N–H and O–H groups in total. The van der Waals surface area contributed by atoms with Gasteiger partial charge in [-0.2, -0.15) is 13.2 Å². The second-order valence-corrected chi connectivity index (χ2v) is 7.62. The zero-order valence-electron chi connectivity index (χ0n) is 18.6. The van der Waals surface area contributed by atoms with E-state index in [0.717, 1.165) is 5.56 Å². The highest BCUT2D eigenvalue weighted by atomic mass is 19.4. The zero-order chi connectivity index (χ0) is 25.1. The number of carbonyl (C=O) groups excluding carboxylic acids is 2. The summed E-state index contributed by atoms with van der Waals surface area (Å²) in [6.45, 7) is 5.77. The first-order valence-corrected chi connectivity index (χ1v) is 10.1. The first-order valence-electron chi connectivity index (χ1n) is 10.1. The van der Waals surface area contributed by atoms with Crippen molar-refractivity contribution in [2.75, 3.05) is 13.2 Å². The first kappa shape index (κ1) is 26.2. The Balaban J connectivity index is 2.88. The number of halogens is 5. The molecule has 1 unspecified atom stereocenters. The highest BCUT2D eigenvalue weighted by Crippen LogP contribution is 2.42. The Morgan fingerprint density at radius 2 is 1.64 bits per heavy atom. The molecule has 10 heteroatoms. The number of aryl methyl sites for hydroxylation is 3. The predicted octanol–water partition coefficient (Wildman–Crippen LogP) is 4.65. The van der Waals surface area contributed by atoms with E-state index in [1.807, 2.05) is 0 Å². The maximum atomic E-state index is 15.7. The molecule has 1 atom stereocenters. The maximum absolute atomic E-state index is 15.7. The number of amides is 1. The minimum atomic E-state index is -5.17. The van der Waals surface area contributed by atoms with Crippen molar-refractivity contribution < 1.29 is 36.3 Å². The Morgan fingerprint density at radius 3 is 2.12 bits per heavy atom. The van der Waals surface area contributed by atoms with Crippen molar-refractivity contribution in [3.05, 3.63) is 57.7 Å². The second-order valence-electron chi connectivity index (χ2n) is 7.62.